The van der Waals surface area contributed by atoms with Crippen molar-refractivity contribution in [2.24, 2.45) is 5.92 Å². The summed E-state index contributed by atoms with van der Waals surface area (Å²) < 4.78 is 0. The summed E-state index contributed by atoms with van der Waals surface area (Å²) >= 11 is 1.39. The van der Waals surface area contributed by atoms with E-state index in [0.29, 0.717) is 16.8 Å². The van der Waals surface area contributed by atoms with Crippen molar-refractivity contribution in [3.63, 3.8) is 0 Å². The molecule has 3 rings (SSSR count). The van der Waals surface area contributed by atoms with Gasteiger partial charge in [-0.2, -0.15) is 0 Å². The summed E-state index contributed by atoms with van der Waals surface area (Å²) in [7, 11) is 0. The maximum atomic E-state index is 11.4. The number of nitro groups is 1. The van der Waals surface area contributed by atoms with Crippen molar-refractivity contribution in [3.8, 4) is 0 Å². The third kappa shape index (κ3) is 2.79. The number of hydrogen-bond donors (Lipinski definition) is 1. The third-order valence-electron chi connectivity index (χ3n) is 4.83. The van der Waals surface area contributed by atoms with E-state index in [2.05, 4.69) is 4.90 Å². The Kier molecular flexibility index (Phi) is 4.17. The van der Waals surface area contributed by atoms with Crippen LogP contribution in [0.15, 0.2) is 6.07 Å². The number of piperidine rings is 1. The SMILES string of the molecule is C[C@H](O)c1cc([N+](=O)[O-])c(N2CCC[C@H]3CCCC[C@H]32)s1. The van der Waals surface area contributed by atoms with Gasteiger partial charge in [-0.15, -0.1) is 11.3 Å². The molecule has 6 heteroatoms. The Morgan fingerprint density at radius 1 is 1.38 bits per heavy atom. The first-order valence-corrected chi connectivity index (χ1v) is 8.62. The smallest absolute Gasteiger partial charge is 0.304 e. The molecule has 0 spiro atoms. The van der Waals surface area contributed by atoms with Crippen molar-refractivity contribution in [1.29, 1.82) is 0 Å². The van der Waals surface area contributed by atoms with Crippen LogP contribution < -0.4 is 4.90 Å². The molecule has 1 aliphatic heterocycles. The number of hydrogen-bond acceptors (Lipinski definition) is 5. The van der Waals surface area contributed by atoms with Gasteiger partial charge in [-0.05, 0) is 38.5 Å². The van der Waals surface area contributed by atoms with E-state index in [1.165, 1.54) is 37.0 Å². The molecule has 116 valence electrons. The van der Waals surface area contributed by atoms with E-state index in [9.17, 15) is 15.2 Å². The molecule has 5 nitrogen and oxygen atoms in total. The highest BCUT2D eigenvalue weighted by Gasteiger charge is 2.37. The van der Waals surface area contributed by atoms with Crippen LogP contribution in [0.25, 0.3) is 0 Å². The molecule has 1 N–H and O–H groups in total. The average molecular weight is 310 g/mol. The highest BCUT2D eigenvalue weighted by molar-refractivity contribution is 7.16. The summed E-state index contributed by atoms with van der Waals surface area (Å²) in [5, 5.41) is 21.9. The average Bonchev–Trinajstić information content (AvgIpc) is 2.92. The first-order valence-electron chi connectivity index (χ1n) is 7.80. The molecule has 1 saturated heterocycles. The van der Waals surface area contributed by atoms with Gasteiger partial charge in [-0.25, -0.2) is 0 Å². The van der Waals surface area contributed by atoms with Crippen LogP contribution in [0.2, 0.25) is 0 Å². The van der Waals surface area contributed by atoms with E-state index in [1.807, 2.05) is 0 Å². The molecule has 2 aliphatic rings. The number of aliphatic hydroxyl groups is 1. The summed E-state index contributed by atoms with van der Waals surface area (Å²) in [6, 6.07) is 2.00. The van der Waals surface area contributed by atoms with E-state index < -0.39 is 6.10 Å². The maximum absolute atomic E-state index is 11.4. The molecule has 1 aromatic rings. The van der Waals surface area contributed by atoms with Gasteiger partial charge in [0.15, 0.2) is 5.00 Å². The van der Waals surface area contributed by atoms with Gasteiger partial charge in [-0.1, -0.05) is 12.8 Å². The zero-order valence-electron chi connectivity index (χ0n) is 12.3. The van der Waals surface area contributed by atoms with Crippen molar-refractivity contribution in [1.82, 2.24) is 0 Å². The van der Waals surface area contributed by atoms with Gasteiger partial charge in [0, 0.05) is 23.5 Å². The quantitative estimate of drug-likeness (QED) is 0.680. The van der Waals surface area contributed by atoms with Crippen LogP contribution in [0, 0.1) is 16.0 Å². The fourth-order valence-corrected chi connectivity index (χ4v) is 4.96. The Bertz CT molecular complexity index is 527. The lowest BCUT2D eigenvalue weighted by atomic mass is 9.78. The second kappa shape index (κ2) is 5.93. The Hall–Kier alpha value is -1.14. The van der Waals surface area contributed by atoms with E-state index in [1.54, 1.807) is 13.0 Å². The van der Waals surface area contributed by atoms with Crippen LogP contribution in [-0.2, 0) is 0 Å². The molecule has 2 heterocycles. The minimum Gasteiger partial charge on any atom is -0.388 e. The summed E-state index contributed by atoms with van der Waals surface area (Å²) in [6.45, 7) is 2.57. The highest BCUT2D eigenvalue weighted by atomic mass is 32.1. The van der Waals surface area contributed by atoms with Crippen LogP contribution in [0.1, 0.15) is 56.4 Å². The molecule has 0 bridgehead atoms. The Morgan fingerprint density at radius 3 is 2.81 bits per heavy atom. The summed E-state index contributed by atoms with van der Waals surface area (Å²) in [5.74, 6) is 0.684. The van der Waals surface area contributed by atoms with Gasteiger partial charge in [0.1, 0.15) is 0 Å². The first-order chi connectivity index (χ1) is 10.1. The zero-order chi connectivity index (χ0) is 15.0. The number of rotatable bonds is 3. The Balaban J connectivity index is 1.95. The molecule has 1 aromatic heterocycles. The standard InChI is InChI=1S/C15H22N2O3S/c1-10(18)14-9-13(17(19)20)15(21-14)16-8-4-6-11-5-2-3-7-12(11)16/h9-12,18H,2-8H2,1H3/t10-,11+,12+/m0/s1. The van der Waals surface area contributed by atoms with Gasteiger partial charge < -0.3 is 10.0 Å². The molecule has 0 amide bonds. The largest absolute Gasteiger partial charge is 0.388 e. The molecule has 1 saturated carbocycles. The zero-order valence-corrected chi connectivity index (χ0v) is 13.1. The van der Waals surface area contributed by atoms with Crippen molar-refractivity contribution >= 4 is 22.0 Å². The number of thiophene rings is 1. The normalized spacial score (nSPS) is 27.2. The topological polar surface area (TPSA) is 66.6 Å². The van der Waals surface area contributed by atoms with Gasteiger partial charge in [0.25, 0.3) is 0 Å². The van der Waals surface area contributed by atoms with Gasteiger partial charge >= 0.3 is 5.69 Å². The van der Waals surface area contributed by atoms with Gasteiger partial charge in [0.2, 0.25) is 0 Å². The summed E-state index contributed by atoms with van der Waals surface area (Å²) in [6.07, 6.45) is 6.63. The van der Waals surface area contributed by atoms with Crippen LogP contribution in [0.5, 0.6) is 0 Å². The predicted molar refractivity (Wildman–Crippen MR) is 83.9 cm³/mol. The van der Waals surface area contributed by atoms with E-state index in [0.717, 1.165) is 24.4 Å². The molecule has 0 radical (unpaired) electrons. The summed E-state index contributed by atoms with van der Waals surface area (Å²) in [4.78, 5) is 14.0. The van der Waals surface area contributed by atoms with Crippen molar-refractivity contribution in [2.45, 2.75) is 57.6 Å². The van der Waals surface area contributed by atoms with E-state index in [-0.39, 0.29) is 10.6 Å². The number of fused-ring (bicyclic) bond motifs is 1. The fraction of sp³-hybridized carbons (Fsp3) is 0.733. The molecule has 1 aliphatic carbocycles. The molecule has 21 heavy (non-hydrogen) atoms. The monoisotopic (exact) mass is 310 g/mol. The van der Waals surface area contributed by atoms with Gasteiger partial charge in [0.05, 0.1) is 11.0 Å². The van der Waals surface area contributed by atoms with Crippen LogP contribution >= 0.6 is 11.3 Å². The van der Waals surface area contributed by atoms with Crippen LogP contribution in [0.4, 0.5) is 10.7 Å². The summed E-state index contributed by atoms with van der Waals surface area (Å²) in [5.41, 5.74) is 0.169. The van der Waals surface area contributed by atoms with Crippen molar-refractivity contribution in [2.75, 3.05) is 11.4 Å². The van der Waals surface area contributed by atoms with Crippen molar-refractivity contribution < 1.29 is 10.0 Å². The highest BCUT2D eigenvalue weighted by Crippen LogP contribution is 2.45. The molecular formula is C15H22N2O3S. The number of nitrogens with zero attached hydrogens (tertiary/aromatic N) is 2. The molecule has 0 aromatic carbocycles. The van der Waals surface area contributed by atoms with Crippen LogP contribution in [-0.4, -0.2) is 22.6 Å². The molecule has 2 fully saturated rings. The maximum Gasteiger partial charge on any atom is 0.304 e. The lowest BCUT2D eigenvalue weighted by Crippen LogP contribution is -2.46. The second-order valence-electron chi connectivity index (χ2n) is 6.22. The van der Waals surface area contributed by atoms with E-state index in [4.69, 9.17) is 0 Å². The molecule has 0 unspecified atom stereocenters. The molecule has 3 atom stereocenters. The Morgan fingerprint density at radius 2 is 2.10 bits per heavy atom. The Labute approximate surface area is 128 Å². The second-order valence-corrected chi connectivity index (χ2v) is 7.28. The number of anilines is 1. The predicted octanol–water partition coefficient (Wildman–Crippen LogP) is 3.87. The van der Waals surface area contributed by atoms with Crippen molar-refractivity contribution in [3.05, 3.63) is 21.1 Å². The third-order valence-corrected chi connectivity index (χ3v) is 6.16. The number of aliphatic hydroxyl groups excluding tert-OH is 1. The lowest BCUT2D eigenvalue weighted by molar-refractivity contribution is -0.383. The van der Waals surface area contributed by atoms with Crippen LogP contribution in [0.3, 0.4) is 0 Å². The van der Waals surface area contributed by atoms with E-state index >= 15 is 0 Å². The molecular weight excluding hydrogens is 288 g/mol. The first kappa shape index (κ1) is 14.8. The lowest BCUT2D eigenvalue weighted by Gasteiger charge is -2.44. The fourth-order valence-electron chi connectivity index (χ4n) is 3.81. The minimum atomic E-state index is -0.644. The van der Waals surface area contributed by atoms with Gasteiger partial charge in [-0.3, -0.25) is 10.1 Å². The minimum absolute atomic E-state index is 0.169.